The average molecular weight is 328 g/mol. The van der Waals surface area contributed by atoms with Gasteiger partial charge >= 0.3 is 0 Å². The van der Waals surface area contributed by atoms with Crippen LogP contribution < -0.4 is 5.32 Å². The molecule has 0 saturated carbocycles. The van der Waals surface area contributed by atoms with Gasteiger partial charge in [-0.15, -0.1) is 6.58 Å². The molecule has 1 rings (SSSR count). The summed E-state index contributed by atoms with van der Waals surface area (Å²) < 4.78 is 14.7. The Kier molecular flexibility index (Phi) is 5.34. The predicted octanol–water partition coefficient (Wildman–Crippen LogP) is 4.71. The summed E-state index contributed by atoms with van der Waals surface area (Å²) in [6.07, 6.45) is 2.55. The van der Waals surface area contributed by atoms with Gasteiger partial charge in [0.2, 0.25) is 0 Å². The minimum absolute atomic E-state index is 0.0442. The van der Waals surface area contributed by atoms with Crippen LogP contribution in [-0.2, 0) is 6.42 Å². The van der Waals surface area contributed by atoms with Crippen molar-refractivity contribution in [3.63, 3.8) is 0 Å². The largest absolute Gasteiger partial charge is 0.311 e. The molecule has 1 aromatic carbocycles. The van der Waals surface area contributed by atoms with Crippen molar-refractivity contribution in [3.05, 3.63) is 46.7 Å². The molecule has 1 unspecified atom stereocenters. The monoisotopic (exact) mass is 327 g/mol. The highest BCUT2D eigenvalue weighted by Crippen LogP contribution is 2.26. The second-order valence-corrected chi connectivity index (χ2v) is 7.29. The number of halogens is 2. The third-order valence-corrected chi connectivity index (χ3v) is 3.62. The minimum atomic E-state index is -0.168. The van der Waals surface area contributed by atoms with Crippen LogP contribution >= 0.6 is 15.9 Å². The standard InChI is InChI=1S/C16H23BrFN/c1-6-16(5,11-19-15(2,3)4)10-12-7-8-13(17)9-14(12)18/h6-9,19H,1,10-11H2,2-5H3. The summed E-state index contributed by atoms with van der Waals surface area (Å²) in [7, 11) is 0. The molecule has 1 atom stereocenters. The lowest BCUT2D eigenvalue weighted by atomic mass is 9.83. The summed E-state index contributed by atoms with van der Waals surface area (Å²) in [5.41, 5.74) is 0.603. The van der Waals surface area contributed by atoms with Gasteiger partial charge in [0.25, 0.3) is 0 Å². The lowest BCUT2D eigenvalue weighted by Gasteiger charge is -2.31. The lowest BCUT2D eigenvalue weighted by molar-refractivity contribution is 0.320. The molecule has 0 bridgehead atoms. The van der Waals surface area contributed by atoms with E-state index in [9.17, 15) is 4.39 Å². The fraction of sp³-hybridized carbons (Fsp3) is 0.500. The lowest BCUT2D eigenvalue weighted by Crippen LogP contribution is -2.43. The third kappa shape index (κ3) is 5.45. The van der Waals surface area contributed by atoms with Crippen LogP contribution in [0.15, 0.2) is 35.3 Å². The first kappa shape index (κ1) is 16.4. The molecule has 0 saturated heterocycles. The van der Waals surface area contributed by atoms with E-state index >= 15 is 0 Å². The van der Waals surface area contributed by atoms with Gasteiger partial charge in [-0.05, 0) is 44.9 Å². The molecule has 0 aliphatic heterocycles. The molecule has 0 aliphatic carbocycles. The van der Waals surface area contributed by atoms with E-state index < -0.39 is 0 Å². The third-order valence-electron chi connectivity index (χ3n) is 3.12. The maximum atomic E-state index is 13.9. The number of benzene rings is 1. The van der Waals surface area contributed by atoms with Gasteiger partial charge in [0.1, 0.15) is 5.82 Å². The molecule has 0 aliphatic rings. The topological polar surface area (TPSA) is 12.0 Å². The van der Waals surface area contributed by atoms with Crippen LogP contribution in [0, 0.1) is 11.2 Å². The Labute approximate surface area is 124 Å². The van der Waals surface area contributed by atoms with E-state index in [1.165, 1.54) is 6.07 Å². The highest BCUT2D eigenvalue weighted by Gasteiger charge is 2.24. The van der Waals surface area contributed by atoms with Crippen molar-refractivity contribution >= 4 is 15.9 Å². The van der Waals surface area contributed by atoms with Crippen molar-refractivity contribution in [1.29, 1.82) is 0 Å². The van der Waals surface area contributed by atoms with Crippen molar-refractivity contribution in [3.8, 4) is 0 Å². The van der Waals surface area contributed by atoms with Crippen LogP contribution in [0.5, 0.6) is 0 Å². The second-order valence-electron chi connectivity index (χ2n) is 6.37. The first-order valence-electron chi connectivity index (χ1n) is 6.48. The van der Waals surface area contributed by atoms with Crippen molar-refractivity contribution in [2.24, 2.45) is 5.41 Å². The Balaban J connectivity index is 2.82. The normalized spacial score (nSPS) is 15.1. The van der Waals surface area contributed by atoms with Gasteiger partial charge in [-0.25, -0.2) is 4.39 Å². The Bertz CT molecular complexity index is 451. The molecule has 0 fully saturated rings. The predicted molar refractivity (Wildman–Crippen MR) is 83.9 cm³/mol. The molecular formula is C16H23BrFN. The van der Waals surface area contributed by atoms with Gasteiger partial charge in [-0.1, -0.05) is 35.0 Å². The maximum absolute atomic E-state index is 13.9. The van der Waals surface area contributed by atoms with Gasteiger partial charge in [-0.3, -0.25) is 0 Å². The highest BCUT2D eigenvalue weighted by molar-refractivity contribution is 9.10. The maximum Gasteiger partial charge on any atom is 0.127 e. The Morgan fingerprint density at radius 1 is 1.32 bits per heavy atom. The van der Waals surface area contributed by atoms with Crippen molar-refractivity contribution in [1.82, 2.24) is 5.32 Å². The van der Waals surface area contributed by atoms with E-state index in [4.69, 9.17) is 0 Å². The molecule has 1 N–H and O–H groups in total. The van der Waals surface area contributed by atoms with Gasteiger partial charge in [-0.2, -0.15) is 0 Å². The van der Waals surface area contributed by atoms with Gasteiger partial charge < -0.3 is 5.32 Å². The van der Waals surface area contributed by atoms with Crippen molar-refractivity contribution < 1.29 is 4.39 Å². The van der Waals surface area contributed by atoms with E-state index in [0.29, 0.717) is 6.42 Å². The number of hydrogen-bond acceptors (Lipinski definition) is 1. The zero-order chi connectivity index (χ0) is 14.7. The summed E-state index contributed by atoms with van der Waals surface area (Å²) in [6, 6.07) is 5.22. The zero-order valence-corrected chi connectivity index (χ0v) is 13.8. The fourth-order valence-electron chi connectivity index (χ4n) is 1.77. The summed E-state index contributed by atoms with van der Waals surface area (Å²) in [5, 5.41) is 3.46. The Morgan fingerprint density at radius 2 is 1.95 bits per heavy atom. The van der Waals surface area contributed by atoms with E-state index in [2.05, 4.69) is 55.5 Å². The molecule has 0 radical (unpaired) electrons. The molecule has 3 heteroatoms. The molecule has 0 spiro atoms. The van der Waals surface area contributed by atoms with Crippen LogP contribution in [-0.4, -0.2) is 12.1 Å². The van der Waals surface area contributed by atoms with Gasteiger partial charge in [0, 0.05) is 22.0 Å². The summed E-state index contributed by atoms with van der Waals surface area (Å²) in [6.45, 7) is 13.1. The molecule has 19 heavy (non-hydrogen) atoms. The number of rotatable bonds is 5. The molecule has 1 nitrogen and oxygen atoms in total. The first-order valence-corrected chi connectivity index (χ1v) is 7.27. The molecule has 1 aromatic rings. The fourth-order valence-corrected chi connectivity index (χ4v) is 2.11. The van der Waals surface area contributed by atoms with E-state index in [0.717, 1.165) is 16.6 Å². The number of nitrogens with one attached hydrogen (secondary N) is 1. The van der Waals surface area contributed by atoms with E-state index in [1.807, 2.05) is 18.2 Å². The van der Waals surface area contributed by atoms with E-state index in [-0.39, 0.29) is 16.8 Å². The Hall–Kier alpha value is -0.670. The molecular weight excluding hydrogens is 305 g/mol. The molecule has 0 aromatic heterocycles. The van der Waals surface area contributed by atoms with E-state index in [1.54, 1.807) is 0 Å². The highest BCUT2D eigenvalue weighted by atomic mass is 79.9. The average Bonchev–Trinajstić information content (AvgIpc) is 2.30. The van der Waals surface area contributed by atoms with Gasteiger partial charge in [0.15, 0.2) is 0 Å². The van der Waals surface area contributed by atoms with Crippen LogP contribution in [0.3, 0.4) is 0 Å². The zero-order valence-electron chi connectivity index (χ0n) is 12.2. The second kappa shape index (κ2) is 6.19. The Morgan fingerprint density at radius 3 is 2.42 bits per heavy atom. The van der Waals surface area contributed by atoms with Crippen molar-refractivity contribution in [2.45, 2.75) is 39.7 Å². The SMILES string of the molecule is C=CC(C)(CNC(C)(C)C)Cc1ccc(Br)cc1F. The summed E-state index contributed by atoms with van der Waals surface area (Å²) in [5.74, 6) is -0.168. The van der Waals surface area contributed by atoms with Crippen LogP contribution in [0.2, 0.25) is 0 Å². The minimum Gasteiger partial charge on any atom is -0.311 e. The first-order chi connectivity index (χ1) is 8.65. The molecule has 0 amide bonds. The quantitative estimate of drug-likeness (QED) is 0.772. The summed E-state index contributed by atoms with van der Waals surface area (Å²) >= 11 is 3.28. The smallest absolute Gasteiger partial charge is 0.127 e. The van der Waals surface area contributed by atoms with Crippen LogP contribution in [0.4, 0.5) is 4.39 Å². The van der Waals surface area contributed by atoms with Gasteiger partial charge in [0.05, 0.1) is 0 Å². The van der Waals surface area contributed by atoms with Crippen LogP contribution in [0.1, 0.15) is 33.3 Å². The molecule has 106 valence electrons. The number of hydrogen-bond donors (Lipinski definition) is 1. The van der Waals surface area contributed by atoms with Crippen molar-refractivity contribution in [2.75, 3.05) is 6.54 Å². The summed E-state index contributed by atoms with van der Waals surface area (Å²) in [4.78, 5) is 0. The molecule has 0 heterocycles. The van der Waals surface area contributed by atoms with Crippen LogP contribution in [0.25, 0.3) is 0 Å².